The number of unbranched alkanes of at least 4 members (excludes halogenated alkanes) is 4. The number of carbonyl (C=O) groups excluding carboxylic acids is 1. The number of hydrogen-bond acceptors (Lipinski definition) is 2. The van der Waals surface area contributed by atoms with Crippen molar-refractivity contribution in [2.45, 2.75) is 71.8 Å². The van der Waals surface area contributed by atoms with Crippen molar-refractivity contribution < 1.29 is 4.79 Å². The van der Waals surface area contributed by atoms with Gasteiger partial charge in [0.25, 0.3) is 0 Å². The van der Waals surface area contributed by atoms with Gasteiger partial charge in [-0.25, -0.2) is 0 Å². The quantitative estimate of drug-likeness (QED) is 0.599. The molecular weight excluding hydrogens is 212 g/mol. The van der Waals surface area contributed by atoms with E-state index >= 15 is 0 Å². The van der Waals surface area contributed by atoms with E-state index in [0.717, 1.165) is 32.4 Å². The van der Waals surface area contributed by atoms with Gasteiger partial charge < -0.3 is 10.6 Å². The lowest BCUT2D eigenvalue weighted by atomic mass is 10.1. The number of nitrogens with zero attached hydrogens (tertiary/aromatic N) is 1. The summed E-state index contributed by atoms with van der Waals surface area (Å²) in [5.74, 6) is 0.139. The maximum absolute atomic E-state index is 12.1. The minimum Gasteiger partial charge on any atom is -0.341 e. The van der Waals surface area contributed by atoms with Gasteiger partial charge in [-0.2, -0.15) is 0 Å². The van der Waals surface area contributed by atoms with Crippen LogP contribution in [0.15, 0.2) is 0 Å². The molecule has 0 aliphatic heterocycles. The molecule has 0 aromatic heterocycles. The van der Waals surface area contributed by atoms with Crippen LogP contribution in [0.1, 0.15) is 65.7 Å². The highest BCUT2D eigenvalue weighted by Gasteiger charge is 2.18. The fraction of sp³-hybridized carbons (Fsp3) is 0.929. The first kappa shape index (κ1) is 16.4. The molecule has 102 valence electrons. The van der Waals surface area contributed by atoms with Crippen LogP contribution in [-0.4, -0.2) is 29.9 Å². The average Bonchev–Trinajstić information content (AvgIpc) is 2.35. The molecule has 2 N–H and O–H groups in total. The summed E-state index contributed by atoms with van der Waals surface area (Å²) in [6, 6.07) is -0.307. The maximum Gasteiger partial charge on any atom is 0.239 e. The number of nitrogens with two attached hydrogens (primary N) is 1. The smallest absolute Gasteiger partial charge is 0.239 e. The van der Waals surface area contributed by atoms with Crippen molar-refractivity contribution in [3.63, 3.8) is 0 Å². The summed E-state index contributed by atoms with van der Waals surface area (Å²) in [5, 5.41) is 0. The van der Waals surface area contributed by atoms with Crippen LogP contribution in [0, 0.1) is 0 Å². The standard InChI is InChI=1S/C14H30N2O/c1-4-7-9-11-16(12-10-8-5-2)14(17)13(15)6-3/h13H,4-12,15H2,1-3H3/t13-/m1/s1. The molecule has 0 aromatic carbocycles. The molecule has 0 radical (unpaired) electrons. The minimum absolute atomic E-state index is 0.139. The van der Waals surface area contributed by atoms with E-state index in [1.807, 2.05) is 11.8 Å². The van der Waals surface area contributed by atoms with Crippen molar-refractivity contribution in [3.05, 3.63) is 0 Å². The first-order valence-electron chi connectivity index (χ1n) is 7.21. The average molecular weight is 242 g/mol. The third-order valence-corrected chi connectivity index (χ3v) is 3.13. The number of amides is 1. The van der Waals surface area contributed by atoms with Gasteiger partial charge in [-0.3, -0.25) is 4.79 Å². The van der Waals surface area contributed by atoms with E-state index in [0.29, 0.717) is 0 Å². The molecule has 0 rings (SSSR count). The normalized spacial score (nSPS) is 12.5. The highest BCUT2D eigenvalue weighted by Crippen LogP contribution is 2.05. The van der Waals surface area contributed by atoms with E-state index in [1.165, 1.54) is 25.7 Å². The largest absolute Gasteiger partial charge is 0.341 e. The molecule has 0 aliphatic carbocycles. The van der Waals surface area contributed by atoms with Gasteiger partial charge in [-0.1, -0.05) is 46.5 Å². The van der Waals surface area contributed by atoms with E-state index < -0.39 is 0 Å². The lowest BCUT2D eigenvalue weighted by molar-refractivity contribution is -0.132. The van der Waals surface area contributed by atoms with Crippen LogP contribution >= 0.6 is 0 Å². The number of hydrogen-bond donors (Lipinski definition) is 1. The van der Waals surface area contributed by atoms with Gasteiger partial charge >= 0.3 is 0 Å². The van der Waals surface area contributed by atoms with E-state index in [1.54, 1.807) is 0 Å². The second-order valence-electron chi connectivity index (χ2n) is 4.75. The van der Waals surface area contributed by atoms with Gasteiger partial charge in [0.1, 0.15) is 0 Å². The van der Waals surface area contributed by atoms with Crippen LogP contribution in [0.4, 0.5) is 0 Å². The summed E-state index contributed by atoms with van der Waals surface area (Å²) in [6.07, 6.45) is 7.71. The molecule has 3 nitrogen and oxygen atoms in total. The zero-order chi connectivity index (χ0) is 13.1. The fourth-order valence-corrected chi connectivity index (χ4v) is 1.85. The maximum atomic E-state index is 12.1. The van der Waals surface area contributed by atoms with Crippen LogP contribution in [-0.2, 0) is 4.79 Å². The fourth-order valence-electron chi connectivity index (χ4n) is 1.85. The van der Waals surface area contributed by atoms with E-state index in [9.17, 15) is 4.79 Å². The third kappa shape index (κ3) is 7.37. The summed E-state index contributed by atoms with van der Waals surface area (Å²) < 4.78 is 0. The molecule has 0 bridgehead atoms. The molecule has 0 aliphatic rings. The predicted octanol–water partition coefficient (Wildman–Crippen LogP) is 2.93. The Morgan fingerprint density at radius 2 is 1.47 bits per heavy atom. The van der Waals surface area contributed by atoms with Gasteiger partial charge in [0.15, 0.2) is 0 Å². The molecular formula is C14H30N2O. The van der Waals surface area contributed by atoms with Crippen LogP contribution in [0.2, 0.25) is 0 Å². The van der Waals surface area contributed by atoms with Crippen molar-refractivity contribution in [2.75, 3.05) is 13.1 Å². The molecule has 0 saturated heterocycles. The monoisotopic (exact) mass is 242 g/mol. The van der Waals surface area contributed by atoms with Crippen molar-refractivity contribution in [1.29, 1.82) is 0 Å². The minimum atomic E-state index is -0.307. The van der Waals surface area contributed by atoms with Gasteiger partial charge in [-0.05, 0) is 19.3 Å². The van der Waals surface area contributed by atoms with Gasteiger partial charge in [0.05, 0.1) is 6.04 Å². The first-order valence-corrected chi connectivity index (χ1v) is 7.21. The molecule has 0 aromatic rings. The van der Waals surface area contributed by atoms with E-state index in [-0.39, 0.29) is 11.9 Å². The van der Waals surface area contributed by atoms with E-state index in [4.69, 9.17) is 5.73 Å². The molecule has 0 unspecified atom stereocenters. The second kappa shape index (κ2) is 10.6. The Hall–Kier alpha value is -0.570. The third-order valence-electron chi connectivity index (χ3n) is 3.13. The molecule has 0 spiro atoms. The number of rotatable bonds is 10. The highest BCUT2D eigenvalue weighted by atomic mass is 16.2. The summed E-state index contributed by atoms with van der Waals surface area (Å²) in [6.45, 7) is 8.09. The Morgan fingerprint density at radius 3 is 1.82 bits per heavy atom. The summed E-state index contributed by atoms with van der Waals surface area (Å²) in [4.78, 5) is 14.0. The molecule has 1 atom stereocenters. The van der Waals surface area contributed by atoms with Gasteiger partial charge in [0, 0.05) is 13.1 Å². The van der Waals surface area contributed by atoms with Gasteiger partial charge in [-0.15, -0.1) is 0 Å². The lowest BCUT2D eigenvalue weighted by Gasteiger charge is -2.25. The Bertz CT molecular complexity index is 185. The second-order valence-corrected chi connectivity index (χ2v) is 4.75. The van der Waals surface area contributed by atoms with Crippen molar-refractivity contribution >= 4 is 5.91 Å². The number of carbonyl (C=O) groups is 1. The SMILES string of the molecule is CCCCCN(CCCCC)C(=O)[C@H](N)CC. The Morgan fingerprint density at radius 1 is 1.00 bits per heavy atom. The molecule has 17 heavy (non-hydrogen) atoms. The summed E-state index contributed by atoms with van der Waals surface area (Å²) in [5.41, 5.74) is 5.83. The molecule has 0 saturated carbocycles. The molecule has 0 fully saturated rings. The van der Waals surface area contributed by atoms with Crippen LogP contribution in [0.5, 0.6) is 0 Å². The van der Waals surface area contributed by atoms with Gasteiger partial charge in [0.2, 0.25) is 5.91 Å². The molecule has 0 heterocycles. The topological polar surface area (TPSA) is 46.3 Å². The molecule has 3 heteroatoms. The van der Waals surface area contributed by atoms with Crippen molar-refractivity contribution in [3.8, 4) is 0 Å². The van der Waals surface area contributed by atoms with E-state index in [2.05, 4.69) is 13.8 Å². The zero-order valence-corrected chi connectivity index (χ0v) is 11.9. The lowest BCUT2D eigenvalue weighted by Crippen LogP contribution is -2.44. The molecule has 1 amide bonds. The predicted molar refractivity (Wildman–Crippen MR) is 73.9 cm³/mol. The first-order chi connectivity index (χ1) is 8.17. The summed E-state index contributed by atoms with van der Waals surface area (Å²) >= 11 is 0. The Kier molecular flexibility index (Phi) is 10.2. The van der Waals surface area contributed by atoms with Crippen LogP contribution in [0.3, 0.4) is 0 Å². The Balaban J connectivity index is 4.12. The Labute approximate surface area is 107 Å². The van der Waals surface area contributed by atoms with Crippen LogP contribution in [0.25, 0.3) is 0 Å². The summed E-state index contributed by atoms with van der Waals surface area (Å²) in [7, 11) is 0. The van der Waals surface area contributed by atoms with Crippen molar-refractivity contribution in [1.82, 2.24) is 4.90 Å². The van der Waals surface area contributed by atoms with Crippen LogP contribution < -0.4 is 5.73 Å². The highest BCUT2D eigenvalue weighted by molar-refractivity contribution is 5.81. The van der Waals surface area contributed by atoms with Crippen molar-refractivity contribution in [2.24, 2.45) is 5.73 Å². The zero-order valence-electron chi connectivity index (χ0n) is 11.9.